The van der Waals surface area contributed by atoms with Crippen molar-refractivity contribution in [1.82, 2.24) is 0 Å². The average Bonchev–Trinajstić information content (AvgIpc) is 2.41. The molecule has 0 bridgehead atoms. The van der Waals surface area contributed by atoms with Gasteiger partial charge in [-0.3, -0.25) is 9.11 Å². The number of hydrogen-bond acceptors (Lipinski definition) is 2. The Labute approximate surface area is 186 Å². The molecule has 0 atom stereocenters. The molecule has 0 aliphatic carbocycles. The molecule has 192 valence electrons. The van der Waals surface area contributed by atoms with Crippen LogP contribution < -0.4 is 29.6 Å². The summed E-state index contributed by atoms with van der Waals surface area (Å²) >= 11 is 0. The van der Waals surface area contributed by atoms with E-state index in [4.69, 9.17) is 17.5 Å². The van der Waals surface area contributed by atoms with Gasteiger partial charge in [0.05, 0.1) is 0 Å². The predicted molar refractivity (Wildman–Crippen MR) is 57.1 cm³/mol. The fourth-order valence-corrected chi connectivity index (χ4v) is 1.14. The van der Waals surface area contributed by atoms with Crippen LogP contribution in [0.4, 0.5) is 79.0 Å². The van der Waals surface area contributed by atoms with Gasteiger partial charge in [0.2, 0.25) is 0 Å². The van der Waals surface area contributed by atoms with Crippen molar-refractivity contribution in [2.45, 2.75) is 47.9 Å². The molecule has 32 heavy (non-hydrogen) atoms. The molecule has 0 aromatic rings. The van der Waals surface area contributed by atoms with Crippen molar-refractivity contribution in [1.29, 1.82) is 0 Å². The second kappa shape index (κ2) is 9.34. The van der Waals surface area contributed by atoms with Crippen LogP contribution >= 0.6 is 0 Å². The van der Waals surface area contributed by atoms with Crippen LogP contribution in [0.25, 0.3) is 0 Å². The Bertz CT molecular complexity index is 688. The van der Waals surface area contributed by atoms with Crippen LogP contribution in [-0.2, 0) is 10.4 Å². The molecule has 4 nitrogen and oxygen atoms in total. The summed E-state index contributed by atoms with van der Waals surface area (Å²) in [7, 11) is -4.67. The van der Waals surface area contributed by atoms with E-state index in [1.54, 1.807) is 0 Å². The summed E-state index contributed by atoms with van der Waals surface area (Å²) in [5, 5.41) is 0. The van der Waals surface area contributed by atoms with Gasteiger partial charge >= 0.3 is 87.8 Å². The van der Waals surface area contributed by atoms with Crippen molar-refractivity contribution < 1.29 is 128 Å². The molecule has 0 fully saturated rings. The van der Waals surface area contributed by atoms with Crippen LogP contribution in [0.5, 0.6) is 0 Å². The van der Waals surface area contributed by atoms with Gasteiger partial charge in [-0.25, -0.2) is 0 Å². The minimum Gasteiger partial charge on any atom is -1.00 e. The van der Waals surface area contributed by atoms with E-state index >= 15 is 0 Å². The van der Waals surface area contributed by atoms with Gasteiger partial charge in [-0.2, -0.15) is 87.4 Å². The minimum absolute atomic E-state index is 0. The molecule has 0 saturated carbocycles. The van der Waals surface area contributed by atoms with E-state index in [1.807, 2.05) is 0 Å². The van der Waals surface area contributed by atoms with Crippen LogP contribution in [0, 0.1) is 0 Å². The van der Waals surface area contributed by atoms with Crippen LogP contribution in [0.3, 0.4) is 0 Å². The first-order chi connectivity index (χ1) is 12.8. The molecule has 0 rings (SSSR count). The summed E-state index contributed by atoms with van der Waals surface area (Å²) in [4.78, 5) is 0. The third-order valence-electron chi connectivity index (χ3n) is 2.68. The summed E-state index contributed by atoms with van der Waals surface area (Å²) in [6, 6.07) is 0. The molecule has 0 aromatic heterocycles. The zero-order valence-electron chi connectivity index (χ0n) is 14.9. The smallest absolute Gasteiger partial charge is 1.00 e. The van der Waals surface area contributed by atoms with Crippen LogP contribution in [0.1, 0.15) is 1.43 Å². The topological polar surface area (TPSA) is 74.6 Å². The molecule has 0 saturated heterocycles. The second-order valence-electron chi connectivity index (χ2n) is 4.89. The van der Waals surface area contributed by atoms with E-state index in [9.17, 15) is 79.0 Å². The molecule has 0 aliphatic rings. The largest absolute Gasteiger partial charge is 1.00 e. The molecule has 0 unspecified atom stereocenters. The van der Waals surface area contributed by atoms with E-state index in [0.717, 1.165) is 0 Å². The maximum atomic E-state index is 12.8. The van der Waals surface area contributed by atoms with Crippen molar-refractivity contribution in [2.24, 2.45) is 0 Å². The van der Waals surface area contributed by atoms with Crippen molar-refractivity contribution in [2.75, 3.05) is 0 Å². The van der Waals surface area contributed by atoms with Gasteiger partial charge in [0.25, 0.3) is 0 Å². The second-order valence-corrected chi connectivity index (χ2v) is 5.79. The van der Waals surface area contributed by atoms with Gasteiger partial charge in [-0.1, -0.05) is 0 Å². The van der Waals surface area contributed by atoms with Crippen molar-refractivity contribution in [3.8, 4) is 0 Å². The zero-order chi connectivity index (χ0) is 26.5. The first-order valence-electron chi connectivity index (χ1n) is 5.85. The Morgan fingerprint density at radius 3 is 0.594 bits per heavy atom. The van der Waals surface area contributed by atoms with Crippen molar-refractivity contribution in [3.63, 3.8) is 0 Å². The Morgan fingerprint density at radius 1 is 0.406 bits per heavy atom. The van der Waals surface area contributed by atoms with Gasteiger partial charge in [-0.05, 0) is 0 Å². The number of hydrogen-bond donors (Lipinski definition) is 2. The van der Waals surface area contributed by atoms with Gasteiger partial charge in [0, 0.05) is 0 Å². The molecule has 2 N–H and O–H groups in total. The van der Waals surface area contributed by atoms with Gasteiger partial charge in [-0.15, -0.1) is 0 Å². The Morgan fingerprint density at radius 2 is 0.500 bits per heavy atom. The Hall–Kier alpha value is -0.390. The Kier molecular flexibility index (Phi) is 10.6. The molecular formula is C8H3F18NaO4S. The van der Waals surface area contributed by atoms with E-state index in [0.29, 0.717) is 0 Å². The van der Waals surface area contributed by atoms with Crippen molar-refractivity contribution >= 4 is 10.4 Å². The van der Waals surface area contributed by atoms with Gasteiger partial charge in [0.1, 0.15) is 0 Å². The molecular weight excluding hydrogens is 557 g/mol. The third kappa shape index (κ3) is 6.18. The summed E-state index contributed by atoms with van der Waals surface area (Å²) in [6.45, 7) is 0. The summed E-state index contributed by atoms with van der Waals surface area (Å²) in [5.41, 5.74) is 0. The number of rotatable bonds is 5. The quantitative estimate of drug-likeness (QED) is 0.308. The van der Waals surface area contributed by atoms with E-state index in [-0.39, 0.29) is 31.0 Å². The van der Waals surface area contributed by atoms with Gasteiger partial charge in [0.15, 0.2) is 0 Å². The van der Waals surface area contributed by atoms with E-state index in [2.05, 4.69) is 0 Å². The zero-order valence-corrected chi connectivity index (χ0v) is 16.7. The standard InChI is InChI=1S/C8F18.Na.H2O4S.H/c9-1(10,3(13,14)5(17,18)7(21,22)23)2(11,12)4(15,16)6(19,20)8(24,25)26;;1-5(2,3)4;/h;;(H2,1,2,3,4);/q;+1;;-1. The third-order valence-corrected chi connectivity index (χ3v) is 2.68. The predicted octanol–water partition coefficient (Wildman–Crippen LogP) is 2.39. The SMILES string of the molecule is FC(F)(F)C(F)(F)C(F)(F)C(F)(F)C(F)(F)C(F)(F)C(F)(F)C(F)(F)F.O=S(=O)(O)O.[H-].[Na+]. The minimum atomic E-state index is -8.72. The number of halogens is 18. The first-order valence-corrected chi connectivity index (χ1v) is 7.25. The van der Waals surface area contributed by atoms with Crippen LogP contribution in [0.2, 0.25) is 0 Å². The van der Waals surface area contributed by atoms with Crippen LogP contribution in [-0.4, -0.2) is 65.4 Å². The average molecular weight is 560 g/mol. The fourth-order valence-electron chi connectivity index (χ4n) is 1.14. The van der Waals surface area contributed by atoms with Crippen molar-refractivity contribution in [3.05, 3.63) is 0 Å². The molecule has 0 spiro atoms. The molecule has 0 aromatic carbocycles. The monoisotopic (exact) mass is 560 g/mol. The first kappa shape index (κ1) is 36.2. The molecule has 0 radical (unpaired) electrons. The van der Waals surface area contributed by atoms with E-state index in [1.165, 1.54) is 0 Å². The molecule has 0 amide bonds. The van der Waals surface area contributed by atoms with Gasteiger partial charge < -0.3 is 1.43 Å². The molecule has 0 aliphatic heterocycles. The van der Waals surface area contributed by atoms with E-state index < -0.39 is 58.3 Å². The summed E-state index contributed by atoms with van der Waals surface area (Å²) in [6.07, 6.45) is -15.6. The summed E-state index contributed by atoms with van der Waals surface area (Å²) < 4.78 is 252. The maximum absolute atomic E-state index is 12.8. The normalized spacial score (nSPS) is 15.5. The Balaban J connectivity index is -0.000000539. The molecule has 0 heterocycles. The maximum Gasteiger partial charge on any atom is 1.00 e. The fraction of sp³-hybridized carbons (Fsp3) is 1.00. The molecule has 24 heteroatoms. The summed E-state index contributed by atoms with van der Waals surface area (Å²) in [5.74, 6) is -51.0. The number of alkyl halides is 18. The van der Waals surface area contributed by atoms with Crippen LogP contribution in [0.15, 0.2) is 0 Å².